The summed E-state index contributed by atoms with van der Waals surface area (Å²) in [7, 11) is 2.10. The van der Waals surface area contributed by atoms with E-state index in [1.165, 1.54) is 18.6 Å². The molecule has 10 heteroatoms. The summed E-state index contributed by atoms with van der Waals surface area (Å²) in [4.78, 5) is 28.9. The first-order chi connectivity index (χ1) is 13.2. The number of benzene rings is 1. The van der Waals surface area contributed by atoms with Gasteiger partial charge in [-0.1, -0.05) is 0 Å². The van der Waals surface area contributed by atoms with E-state index in [9.17, 15) is 4.79 Å². The molecule has 1 aliphatic rings. The summed E-state index contributed by atoms with van der Waals surface area (Å²) in [5.41, 5.74) is 1.94. The molecule has 0 spiro atoms. The summed E-state index contributed by atoms with van der Waals surface area (Å²) in [5, 5.41) is 13.9. The van der Waals surface area contributed by atoms with Gasteiger partial charge in [0.05, 0.1) is 11.7 Å². The van der Waals surface area contributed by atoms with Gasteiger partial charge in [0.2, 0.25) is 5.95 Å². The highest BCUT2D eigenvalue weighted by molar-refractivity contribution is 6.00. The van der Waals surface area contributed by atoms with Crippen molar-refractivity contribution < 1.29 is 4.79 Å². The average molecular weight is 365 g/mol. The lowest BCUT2D eigenvalue weighted by Gasteiger charge is -2.32. The Morgan fingerprint density at radius 3 is 2.67 bits per heavy atom. The quantitative estimate of drug-likeness (QED) is 0.712. The maximum Gasteiger partial charge on any atom is 0.324 e. The van der Waals surface area contributed by atoms with Gasteiger partial charge in [0.1, 0.15) is 5.52 Å². The maximum absolute atomic E-state index is 12.1. The van der Waals surface area contributed by atoms with Crippen LogP contribution in [0.2, 0.25) is 0 Å². The maximum atomic E-state index is 12.1. The largest absolute Gasteiger partial charge is 0.337 e. The number of likely N-dealkylation sites (N-methyl/N-ethyl adjacent to an activating group) is 1. The lowest BCUT2D eigenvalue weighted by atomic mass is 10.2. The number of hydrogen-bond donors (Lipinski definition) is 2. The van der Waals surface area contributed by atoms with E-state index in [0.29, 0.717) is 23.0 Å². The number of piperazine rings is 1. The van der Waals surface area contributed by atoms with Gasteiger partial charge in [-0.15, -0.1) is 10.2 Å². The van der Waals surface area contributed by atoms with Gasteiger partial charge in [0.25, 0.3) is 0 Å². The zero-order valence-electron chi connectivity index (χ0n) is 14.8. The number of anilines is 3. The zero-order chi connectivity index (χ0) is 18.6. The fourth-order valence-corrected chi connectivity index (χ4v) is 2.79. The molecule has 0 bridgehead atoms. The van der Waals surface area contributed by atoms with Crippen molar-refractivity contribution in [3.05, 3.63) is 36.8 Å². The van der Waals surface area contributed by atoms with Crippen molar-refractivity contribution in [2.75, 3.05) is 48.8 Å². The SMILES string of the molecule is CN1CCN(c2nnc3cc(NC(=O)Nc4cnccn4)ccc3n2)CC1. The number of urea groups is 1. The van der Waals surface area contributed by atoms with Crippen LogP contribution < -0.4 is 15.5 Å². The smallest absolute Gasteiger partial charge is 0.324 e. The number of hydrogen-bond acceptors (Lipinski definition) is 8. The fourth-order valence-electron chi connectivity index (χ4n) is 2.79. The van der Waals surface area contributed by atoms with Crippen molar-refractivity contribution in [2.45, 2.75) is 0 Å². The van der Waals surface area contributed by atoms with E-state index < -0.39 is 6.03 Å². The molecule has 0 unspecified atom stereocenters. The standard InChI is InChI=1S/C17H19N9O/c1-25-6-8-26(9-7-25)16-21-13-3-2-12(10-14(13)23-24-16)20-17(27)22-15-11-18-4-5-19-15/h2-5,10-11H,6-9H2,1H3,(H2,19,20,22,27). The molecule has 3 aromatic rings. The van der Waals surface area contributed by atoms with Crippen molar-refractivity contribution in [3.8, 4) is 0 Å². The van der Waals surface area contributed by atoms with Gasteiger partial charge in [-0.3, -0.25) is 10.3 Å². The normalized spacial score (nSPS) is 14.9. The highest BCUT2D eigenvalue weighted by Crippen LogP contribution is 2.18. The number of nitrogens with zero attached hydrogens (tertiary/aromatic N) is 7. The van der Waals surface area contributed by atoms with Gasteiger partial charge in [-0.05, 0) is 25.2 Å². The Kier molecular flexibility index (Phi) is 4.71. The first kappa shape index (κ1) is 17.0. The molecular formula is C17H19N9O. The molecule has 2 N–H and O–H groups in total. The summed E-state index contributed by atoms with van der Waals surface area (Å²) in [6.45, 7) is 3.72. The molecule has 3 heterocycles. The number of amides is 2. The third-order valence-electron chi connectivity index (χ3n) is 4.29. The van der Waals surface area contributed by atoms with E-state index in [1.807, 2.05) is 6.07 Å². The number of aromatic nitrogens is 5. The van der Waals surface area contributed by atoms with Gasteiger partial charge >= 0.3 is 6.03 Å². The van der Waals surface area contributed by atoms with E-state index in [1.54, 1.807) is 12.1 Å². The Morgan fingerprint density at radius 1 is 1.04 bits per heavy atom. The van der Waals surface area contributed by atoms with E-state index in [2.05, 4.69) is 52.6 Å². The van der Waals surface area contributed by atoms with Crippen LogP contribution in [0, 0.1) is 0 Å². The molecule has 0 radical (unpaired) electrons. The van der Waals surface area contributed by atoms with Crippen molar-refractivity contribution >= 4 is 34.5 Å². The Morgan fingerprint density at radius 2 is 1.89 bits per heavy atom. The van der Waals surface area contributed by atoms with Crippen molar-refractivity contribution in [3.63, 3.8) is 0 Å². The van der Waals surface area contributed by atoms with Crippen LogP contribution in [0.25, 0.3) is 11.0 Å². The molecule has 2 aromatic heterocycles. The van der Waals surface area contributed by atoms with Crippen molar-refractivity contribution in [1.82, 2.24) is 30.0 Å². The molecule has 1 fully saturated rings. The van der Waals surface area contributed by atoms with Crippen LogP contribution in [0.15, 0.2) is 36.8 Å². The lowest BCUT2D eigenvalue weighted by Crippen LogP contribution is -2.45. The molecule has 4 rings (SSSR count). The second kappa shape index (κ2) is 7.46. The molecule has 1 saturated heterocycles. The van der Waals surface area contributed by atoms with Crippen LogP contribution in [0.4, 0.5) is 22.2 Å². The molecular weight excluding hydrogens is 346 g/mol. The number of fused-ring (bicyclic) bond motifs is 1. The highest BCUT2D eigenvalue weighted by atomic mass is 16.2. The van der Waals surface area contributed by atoms with Crippen LogP contribution in [0.3, 0.4) is 0 Å². The topological polar surface area (TPSA) is 112 Å². The van der Waals surface area contributed by atoms with Crippen LogP contribution in [-0.2, 0) is 0 Å². The summed E-state index contributed by atoms with van der Waals surface area (Å²) >= 11 is 0. The third kappa shape index (κ3) is 4.06. The predicted molar refractivity (Wildman–Crippen MR) is 102 cm³/mol. The first-order valence-corrected chi connectivity index (χ1v) is 8.59. The summed E-state index contributed by atoms with van der Waals surface area (Å²) < 4.78 is 0. The van der Waals surface area contributed by atoms with E-state index >= 15 is 0 Å². The second-order valence-corrected chi connectivity index (χ2v) is 6.28. The van der Waals surface area contributed by atoms with Crippen molar-refractivity contribution in [1.29, 1.82) is 0 Å². The number of nitrogens with one attached hydrogen (secondary N) is 2. The summed E-state index contributed by atoms with van der Waals surface area (Å²) in [5.74, 6) is 1.01. The van der Waals surface area contributed by atoms with Gasteiger partial charge in [-0.2, -0.15) is 0 Å². The van der Waals surface area contributed by atoms with Gasteiger partial charge in [0, 0.05) is 44.3 Å². The predicted octanol–water partition coefficient (Wildman–Crippen LogP) is 1.21. The summed E-state index contributed by atoms with van der Waals surface area (Å²) in [6, 6.07) is 4.92. The zero-order valence-corrected chi connectivity index (χ0v) is 14.8. The molecule has 138 valence electrons. The minimum atomic E-state index is -0.412. The molecule has 1 aliphatic heterocycles. The fraction of sp³-hybridized carbons (Fsp3) is 0.294. The number of carbonyl (C=O) groups is 1. The first-order valence-electron chi connectivity index (χ1n) is 8.59. The van der Waals surface area contributed by atoms with Gasteiger partial charge in [0.15, 0.2) is 5.82 Å². The van der Waals surface area contributed by atoms with E-state index in [-0.39, 0.29) is 0 Å². The molecule has 2 amide bonds. The molecule has 1 aromatic carbocycles. The minimum absolute atomic E-state index is 0.370. The molecule has 0 atom stereocenters. The van der Waals surface area contributed by atoms with E-state index in [4.69, 9.17) is 0 Å². The number of carbonyl (C=O) groups excluding carboxylic acids is 1. The number of rotatable bonds is 3. The highest BCUT2D eigenvalue weighted by Gasteiger charge is 2.17. The van der Waals surface area contributed by atoms with Crippen LogP contribution in [-0.4, -0.2) is 69.3 Å². The van der Waals surface area contributed by atoms with E-state index in [0.717, 1.165) is 31.7 Å². The Labute approximate surface area is 155 Å². The Balaban J connectivity index is 1.46. The van der Waals surface area contributed by atoms with Gasteiger partial charge < -0.3 is 15.1 Å². The molecule has 0 aliphatic carbocycles. The average Bonchev–Trinajstić information content (AvgIpc) is 2.69. The van der Waals surface area contributed by atoms with Crippen LogP contribution >= 0.6 is 0 Å². The van der Waals surface area contributed by atoms with Crippen LogP contribution in [0.5, 0.6) is 0 Å². The Hall–Kier alpha value is -3.40. The third-order valence-corrected chi connectivity index (χ3v) is 4.29. The Bertz CT molecular complexity index is 942. The molecule has 27 heavy (non-hydrogen) atoms. The summed E-state index contributed by atoms with van der Waals surface area (Å²) in [6.07, 6.45) is 4.51. The molecule has 10 nitrogen and oxygen atoms in total. The van der Waals surface area contributed by atoms with Crippen molar-refractivity contribution in [2.24, 2.45) is 0 Å². The van der Waals surface area contributed by atoms with Crippen LogP contribution in [0.1, 0.15) is 0 Å². The second-order valence-electron chi connectivity index (χ2n) is 6.28. The monoisotopic (exact) mass is 365 g/mol. The molecule has 0 saturated carbocycles. The minimum Gasteiger partial charge on any atom is -0.337 e. The lowest BCUT2D eigenvalue weighted by molar-refractivity contribution is 0.262. The van der Waals surface area contributed by atoms with Gasteiger partial charge in [-0.25, -0.2) is 14.8 Å².